The fourth-order valence-corrected chi connectivity index (χ4v) is 8.15. The van der Waals surface area contributed by atoms with Gasteiger partial charge in [-0.05, 0) is 57.8 Å². The van der Waals surface area contributed by atoms with Crippen LogP contribution in [0.15, 0.2) is 60.8 Å². The van der Waals surface area contributed by atoms with E-state index < -0.39 is 49.5 Å². The van der Waals surface area contributed by atoms with Crippen molar-refractivity contribution >= 4 is 5.91 Å². The van der Waals surface area contributed by atoms with Gasteiger partial charge >= 0.3 is 0 Å². The predicted molar refractivity (Wildman–Crippen MR) is 267 cm³/mol. The van der Waals surface area contributed by atoms with Crippen LogP contribution in [0, 0.1) is 0 Å². The zero-order valence-electron chi connectivity index (χ0n) is 41.0. The second-order valence-electron chi connectivity index (χ2n) is 18.3. The van der Waals surface area contributed by atoms with Gasteiger partial charge in [0.05, 0.1) is 25.4 Å². The number of hydrogen-bond acceptors (Lipinski definition) is 8. The molecule has 1 rings (SSSR count). The first kappa shape index (κ1) is 59.9. The molecule has 0 aromatic carbocycles. The summed E-state index contributed by atoms with van der Waals surface area (Å²) < 4.78 is 11.2. The molecule has 6 N–H and O–H groups in total. The Balaban J connectivity index is 2.28. The monoisotopic (exact) mass is 902 g/mol. The normalized spacial score (nSPS) is 20.5. The molecule has 372 valence electrons. The lowest BCUT2D eigenvalue weighted by Crippen LogP contribution is -2.60. The SMILES string of the molecule is CC/C=C\C/C=C\C/C=C\C/C=C\CCCCCCCCCCCCC(=O)NC(COC1OC(CO)C(O)C(O)C1O)C(O)/C=C/CCCCCCCCCCCCCCCCCC. The Kier molecular flexibility index (Phi) is 41.9. The van der Waals surface area contributed by atoms with Crippen molar-refractivity contribution < 1.29 is 39.8 Å². The maximum Gasteiger partial charge on any atom is 0.220 e. The van der Waals surface area contributed by atoms with Crippen LogP contribution in [0.3, 0.4) is 0 Å². The topological polar surface area (TPSA) is 149 Å². The first-order valence-corrected chi connectivity index (χ1v) is 26.5. The van der Waals surface area contributed by atoms with E-state index in [-0.39, 0.29) is 12.5 Å². The maximum absolute atomic E-state index is 13.0. The Morgan fingerprint density at radius 1 is 0.547 bits per heavy atom. The van der Waals surface area contributed by atoms with Crippen LogP contribution < -0.4 is 5.32 Å². The number of ether oxygens (including phenoxy) is 2. The van der Waals surface area contributed by atoms with Crippen molar-refractivity contribution in [1.82, 2.24) is 5.32 Å². The van der Waals surface area contributed by atoms with Crippen molar-refractivity contribution in [2.24, 2.45) is 0 Å². The van der Waals surface area contributed by atoms with E-state index in [0.29, 0.717) is 6.42 Å². The van der Waals surface area contributed by atoms with Gasteiger partial charge in [-0.3, -0.25) is 4.79 Å². The Hall–Kier alpha value is -2.11. The number of allylic oxidation sites excluding steroid dienone is 9. The first-order chi connectivity index (χ1) is 31.3. The van der Waals surface area contributed by atoms with Crippen molar-refractivity contribution in [3.8, 4) is 0 Å². The van der Waals surface area contributed by atoms with Crippen molar-refractivity contribution in [3.05, 3.63) is 60.8 Å². The number of rotatable bonds is 44. The molecule has 1 fully saturated rings. The lowest BCUT2D eigenvalue weighted by molar-refractivity contribution is -0.302. The van der Waals surface area contributed by atoms with Crippen LogP contribution >= 0.6 is 0 Å². The summed E-state index contributed by atoms with van der Waals surface area (Å²) in [4.78, 5) is 13.0. The Morgan fingerprint density at radius 2 is 0.969 bits per heavy atom. The summed E-state index contributed by atoms with van der Waals surface area (Å²) in [6.07, 6.45) is 52.6. The average molecular weight is 902 g/mol. The van der Waals surface area contributed by atoms with Crippen LogP contribution in [0.25, 0.3) is 0 Å². The molecule has 0 aromatic heterocycles. The van der Waals surface area contributed by atoms with Crippen molar-refractivity contribution in [2.45, 2.75) is 269 Å². The number of carbonyl (C=O) groups is 1. The lowest BCUT2D eigenvalue weighted by atomic mass is 9.99. The van der Waals surface area contributed by atoms with Gasteiger partial charge in [-0.2, -0.15) is 0 Å². The van der Waals surface area contributed by atoms with Crippen LogP contribution in [-0.4, -0.2) is 87.5 Å². The van der Waals surface area contributed by atoms with E-state index in [1.54, 1.807) is 6.08 Å². The van der Waals surface area contributed by atoms with Gasteiger partial charge in [-0.15, -0.1) is 0 Å². The molecule has 0 bridgehead atoms. The molecular formula is C55H99NO8. The number of amides is 1. The van der Waals surface area contributed by atoms with E-state index in [1.165, 1.54) is 135 Å². The maximum atomic E-state index is 13.0. The summed E-state index contributed by atoms with van der Waals surface area (Å²) in [5, 5.41) is 54.4. The summed E-state index contributed by atoms with van der Waals surface area (Å²) in [5.74, 6) is -0.182. The summed E-state index contributed by atoms with van der Waals surface area (Å²) >= 11 is 0. The zero-order chi connectivity index (χ0) is 46.6. The van der Waals surface area contributed by atoms with Gasteiger partial charge in [0.25, 0.3) is 0 Å². The van der Waals surface area contributed by atoms with Crippen molar-refractivity contribution in [2.75, 3.05) is 13.2 Å². The van der Waals surface area contributed by atoms with E-state index in [1.807, 2.05) is 6.08 Å². The smallest absolute Gasteiger partial charge is 0.220 e. The summed E-state index contributed by atoms with van der Waals surface area (Å²) in [6.45, 7) is 3.67. The third-order valence-corrected chi connectivity index (χ3v) is 12.3. The van der Waals surface area contributed by atoms with Crippen LogP contribution in [0.5, 0.6) is 0 Å². The minimum atomic E-state index is -1.57. The minimum absolute atomic E-state index is 0.182. The standard InChI is InChI=1S/C55H99NO8/c1-3-5-7-9-11-13-15-17-19-21-23-24-25-26-27-29-31-33-35-37-39-41-43-45-51(59)56-48(47-63-55-54(62)53(61)52(60)50(46-57)64-55)49(58)44-42-40-38-36-34-32-30-28-22-20-18-16-14-12-10-8-6-4-2/h5,7,11,13,17,19,23-24,42,44,48-50,52-55,57-58,60-62H,3-4,6,8-10,12,14-16,18,20-22,25-41,43,45-47H2,1-2H3,(H,56,59)/b7-5-,13-11-,19-17-,24-23-,44-42+. The molecule has 1 amide bonds. The van der Waals surface area contributed by atoms with Gasteiger partial charge < -0.3 is 40.3 Å². The van der Waals surface area contributed by atoms with E-state index in [9.17, 15) is 30.3 Å². The molecule has 0 spiro atoms. The number of unbranched alkanes of at least 4 members (excludes halogenated alkanes) is 26. The molecule has 0 aliphatic carbocycles. The number of carbonyl (C=O) groups excluding carboxylic acids is 1. The van der Waals surface area contributed by atoms with Gasteiger partial charge in [0.15, 0.2) is 6.29 Å². The Morgan fingerprint density at radius 3 is 1.44 bits per heavy atom. The molecule has 1 heterocycles. The molecule has 9 nitrogen and oxygen atoms in total. The van der Waals surface area contributed by atoms with Gasteiger partial charge in [0, 0.05) is 6.42 Å². The highest BCUT2D eigenvalue weighted by Gasteiger charge is 2.44. The minimum Gasteiger partial charge on any atom is -0.394 e. The second-order valence-corrected chi connectivity index (χ2v) is 18.3. The molecule has 9 heteroatoms. The van der Waals surface area contributed by atoms with Crippen LogP contribution in [-0.2, 0) is 14.3 Å². The molecule has 1 aliphatic heterocycles. The summed E-state index contributed by atoms with van der Waals surface area (Å²) in [5.41, 5.74) is 0. The molecular weight excluding hydrogens is 803 g/mol. The quantitative estimate of drug-likeness (QED) is 0.0262. The van der Waals surface area contributed by atoms with Gasteiger partial charge in [-0.1, -0.05) is 222 Å². The molecule has 1 aliphatic rings. The molecule has 64 heavy (non-hydrogen) atoms. The summed E-state index contributed by atoms with van der Waals surface area (Å²) in [6, 6.07) is -0.809. The molecule has 0 saturated carbocycles. The van der Waals surface area contributed by atoms with Gasteiger partial charge in [0.2, 0.25) is 5.91 Å². The Bertz CT molecular complexity index is 1180. The first-order valence-electron chi connectivity index (χ1n) is 26.5. The number of aliphatic hydroxyl groups excluding tert-OH is 5. The van der Waals surface area contributed by atoms with Crippen molar-refractivity contribution in [3.63, 3.8) is 0 Å². The van der Waals surface area contributed by atoms with E-state index >= 15 is 0 Å². The molecule has 1 saturated heterocycles. The van der Waals surface area contributed by atoms with Crippen molar-refractivity contribution in [1.29, 1.82) is 0 Å². The predicted octanol–water partition coefficient (Wildman–Crippen LogP) is 12.3. The van der Waals surface area contributed by atoms with E-state index in [0.717, 1.165) is 70.6 Å². The Labute approximate surface area is 392 Å². The van der Waals surface area contributed by atoms with E-state index in [4.69, 9.17) is 9.47 Å². The fourth-order valence-electron chi connectivity index (χ4n) is 8.15. The third kappa shape index (κ3) is 34.2. The van der Waals surface area contributed by atoms with Gasteiger partial charge in [-0.25, -0.2) is 0 Å². The molecule has 7 atom stereocenters. The molecule has 7 unspecified atom stereocenters. The zero-order valence-corrected chi connectivity index (χ0v) is 41.0. The van der Waals surface area contributed by atoms with Gasteiger partial charge in [0.1, 0.15) is 24.4 Å². The summed E-state index contributed by atoms with van der Waals surface area (Å²) in [7, 11) is 0. The highest BCUT2D eigenvalue weighted by molar-refractivity contribution is 5.76. The fraction of sp³-hybridized carbons (Fsp3) is 0.800. The largest absolute Gasteiger partial charge is 0.394 e. The van der Waals surface area contributed by atoms with Crippen LogP contribution in [0.4, 0.5) is 0 Å². The van der Waals surface area contributed by atoms with Crippen LogP contribution in [0.1, 0.15) is 226 Å². The number of hydrogen-bond donors (Lipinski definition) is 6. The number of nitrogens with one attached hydrogen (secondary N) is 1. The van der Waals surface area contributed by atoms with E-state index in [2.05, 4.69) is 67.8 Å². The lowest BCUT2D eigenvalue weighted by Gasteiger charge is -2.40. The molecule has 0 radical (unpaired) electrons. The second kappa shape index (κ2) is 44.7. The molecule has 0 aromatic rings. The van der Waals surface area contributed by atoms with Crippen LogP contribution in [0.2, 0.25) is 0 Å². The highest BCUT2D eigenvalue weighted by Crippen LogP contribution is 2.23. The third-order valence-electron chi connectivity index (χ3n) is 12.3. The number of aliphatic hydroxyl groups is 5. The average Bonchev–Trinajstić information content (AvgIpc) is 3.29. The highest BCUT2D eigenvalue weighted by atomic mass is 16.7.